The number of hydrogen-bond donors (Lipinski definition) is 1. The minimum atomic E-state index is 0.263. The van der Waals surface area contributed by atoms with E-state index >= 15 is 0 Å². The monoisotopic (exact) mass is 278 g/mol. The van der Waals surface area contributed by atoms with Gasteiger partial charge in [-0.15, -0.1) is 0 Å². The van der Waals surface area contributed by atoms with Crippen LogP contribution in [0.25, 0.3) is 0 Å². The zero-order valence-corrected chi connectivity index (χ0v) is 12.9. The Kier molecular flexibility index (Phi) is 4.89. The molecular formula is C16H26N2O2. The second kappa shape index (κ2) is 6.46. The number of hydrogen-bond acceptors (Lipinski definition) is 4. The smallest absolute Gasteiger partial charge is 0.123 e. The highest BCUT2D eigenvalue weighted by Gasteiger charge is 2.30. The van der Waals surface area contributed by atoms with Crippen molar-refractivity contribution in [1.82, 2.24) is 4.90 Å². The van der Waals surface area contributed by atoms with Crippen molar-refractivity contribution in [1.29, 1.82) is 0 Å². The van der Waals surface area contributed by atoms with Crippen LogP contribution in [0.1, 0.15) is 31.9 Å². The maximum atomic E-state index is 6.03. The second-order valence-electron chi connectivity index (χ2n) is 5.69. The molecule has 4 nitrogen and oxygen atoms in total. The lowest BCUT2D eigenvalue weighted by Crippen LogP contribution is -2.31. The van der Waals surface area contributed by atoms with Crippen LogP contribution >= 0.6 is 0 Å². The van der Waals surface area contributed by atoms with Gasteiger partial charge in [0.05, 0.1) is 14.2 Å². The molecule has 4 heteroatoms. The molecule has 0 spiro atoms. The van der Waals surface area contributed by atoms with Gasteiger partial charge in [0.1, 0.15) is 11.5 Å². The van der Waals surface area contributed by atoms with Gasteiger partial charge in [0, 0.05) is 24.2 Å². The SMILES string of the molecule is COc1ccc(OC)c(C(C)N2CCC(C(C)N)C2)c1. The van der Waals surface area contributed by atoms with E-state index in [1.54, 1.807) is 14.2 Å². The van der Waals surface area contributed by atoms with E-state index in [0.717, 1.165) is 24.6 Å². The predicted molar refractivity (Wildman–Crippen MR) is 81.3 cm³/mol. The Hall–Kier alpha value is -1.26. The first-order chi connectivity index (χ1) is 9.56. The highest BCUT2D eigenvalue weighted by Crippen LogP contribution is 2.35. The first kappa shape index (κ1) is 15.1. The van der Waals surface area contributed by atoms with Crippen molar-refractivity contribution < 1.29 is 9.47 Å². The van der Waals surface area contributed by atoms with Crippen LogP contribution < -0.4 is 15.2 Å². The predicted octanol–water partition coefficient (Wildman–Crippen LogP) is 2.43. The second-order valence-corrected chi connectivity index (χ2v) is 5.69. The molecule has 0 aromatic heterocycles. The number of nitrogens with zero attached hydrogens (tertiary/aromatic N) is 1. The van der Waals surface area contributed by atoms with E-state index in [1.165, 1.54) is 12.0 Å². The summed E-state index contributed by atoms with van der Waals surface area (Å²) in [5.74, 6) is 2.38. The molecule has 0 bridgehead atoms. The van der Waals surface area contributed by atoms with Crippen LogP contribution in [-0.2, 0) is 0 Å². The zero-order valence-electron chi connectivity index (χ0n) is 12.9. The molecule has 1 aromatic rings. The van der Waals surface area contributed by atoms with Gasteiger partial charge in [-0.3, -0.25) is 4.90 Å². The van der Waals surface area contributed by atoms with Crippen molar-refractivity contribution >= 4 is 0 Å². The molecule has 0 saturated carbocycles. The molecule has 0 aliphatic carbocycles. The summed E-state index contributed by atoms with van der Waals surface area (Å²) in [4.78, 5) is 2.48. The van der Waals surface area contributed by atoms with Crippen LogP contribution in [0.15, 0.2) is 18.2 Å². The summed E-state index contributed by atoms with van der Waals surface area (Å²) in [7, 11) is 3.41. The Balaban J connectivity index is 2.18. The van der Waals surface area contributed by atoms with Gasteiger partial charge in [-0.2, -0.15) is 0 Å². The third-order valence-corrected chi connectivity index (χ3v) is 4.43. The summed E-state index contributed by atoms with van der Waals surface area (Å²) in [6, 6.07) is 6.55. The molecule has 1 aliphatic rings. The number of nitrogens with two attached hydrogens (primary N) is 1. The topological polar surface area (TPSA) is 47.7 Å². The molecule has 112 valence electrons. The molecular weight excluding hydrogens is 252 g/mol. The van der Waals surface area contributed by atoms with Gasteiger partial charge in [-0.1, -0.05) is 0 Å². The minimum Gasteiger partial charge on any atom is -0.497 e. The van der Waals surface area contributed by atoms with Crippen molar-refractivity contribution in [2.75, 3.05) is 27.3 Å². The number of rotatable bonds is 5. The van der Waals surface area contributed by atoms with Gasteiger partial charge in [0.2, 0.25) is 0 Å². The number of benzene rings is 1. The fraction of sp³-hybridized carbons (Fsp3) is 0.625. The van der Waals surface area contributed by atoms with Gasteiger partial charge in [0.25, 0.3) is 0 Å². The molecule has 2 N–H and O–H groups in total. The first-order valence-corrected chi connectivity index (χ1v) is 7.28. The molecule has 1 aromatic carbocycles. The summed E-state index contributed by atoms with van der Waals surface area (Å²) in [5, 5.41) is 0. The van der Waals surface area contributed by atoms with Crippen molar-refractivity contribution in [2.45, 2.75) is 32.4 Å². The van der Waals surface area contributed by atoms with E-state index in [-0.39, 0.29) is 6.04 Å². The van der Waals surface area contributed by atoms with Gasteiger partial charge < -0.3 is 15.2 Å². The fourth-order valence-electron chi connectivity index (χ4n) is 2.96. The van der Waals surface area contributed by atoms with E-state index in [2.05, 4.69) is 24.8 Å². The molecule has 20 heavy (non-hydrogen) atoms. The molecule has 2 rings (SSSR count). The molecule has 0 radical (unpaired) electrons. The van der Waals surface area contributed by atoms with E-state index in [1.807, 2.05) is 12.1 Å². The molecule has 1 heterocycles. The Morgan fingerprint density at radius 3 is 2.55 bits per heavy atom. The molecule has 0 amide bonds. The lowest BCUT2D eigenvalue weighted by Gasteiger charge is -2.27. The van der Waals surface area contributed by atoms with E-state index in [0.29, 0.717) is 12.0 Å². The van der Waals surface area contributed by atoms with Crippen molar-refractivity contribution in [2.24, 2.45) is 11.7 Å². The average molecular weight is 278 g/mol. The number of likely N-dealkylation sites (tertiary alicyclic amines) is 1. The van der Waals surface area contributed by atoms with Crippen LogP contribution in [0.4, 0.5) is 0 Å². The van der Waals surface area contributed by atoms with Crippen LogP contribution in [-0.4, -0.2) is 38.3 Å². The fourth-order valence-corrected chi connectivity index (χ4v) is 2.96. The van der Waals surface area contributed by atoms with E-state index < -0.39 is 0 Å². The largest absolute Gasteiger partial charge is 0.497 e. The van der Waals surface area contributed by atoms with Crippen molar-refractivity contribution in [3.63, 3.8) is 0 Å². The van der Waals surface area contributed by atoms with Crippen LogP contribution in [0, 0.1) is 5.92 Å². The first-order valence-electron chi connectivity index (χ1n) is 7.28. The lowest BCUT2D eigenvalue weighted by atomic mass is 10.0. The minimum absolute atomic E-state index is 0.263. The molecule has 1 fully saturated rings. The third kappa shape index (κ3) is 3.07. The standard InChI is InChI=1S/C16H26N2O2/c1-11(17)13-7-8-18(10-13)12(2)15-9-14(19-3)5-6-16(15)20-4/h5-6,9,11-13H,7-8,10,17H2,1-4H3. The van der Waals surface area contributed by atoms with Crippen LogP contribution in [0.3, 0.4) is 0 Å². The zero-order chi connectivity index (χ0) is 14.7. The Bertz CT molecular complexity index is 448. The van der Waals surface area contributed by atoms with Gasteiger partial charge in [-0.05, 0) is 50.9 Å². The normalized spacial score (nSPS) is 22.6. The van der Waals surface area contributed by atoms with Crippen molar-refractivity contribution in [3.8, 4) is 11.5 Å². The molecule has 1 saturated heterocycles. The molecule has 1 aliphatic heterocycles. The Morgan fingerprint density at radius 1 is 1.25 bits per heavy atom. The van der Waals surface area contributed by atoms with Crippen LogP contribution in [0.5, 0.6) is 11.5 Å². The van der Waals surface area contributed by atoms with E-state index in [9.17, 15) is 0 Å². The summed E-state index contributed by atoms with van der Waals surface area (Å²) >= 11 is 0. The summed E-state index contributed by atoms with van der Waals surface area (Å²) < 4.78 is 10.8. The molecule has 3 atom stereocenters. The molecule has 3 unspecified atom stereocenters. The number of methoxy groups -OCH3 is 2. The highest BCUT2D eigenvalue weighted by atomic mass is 16.5. The summed E-state index contributed by atoms with van der Waals surface area (Å²) in [6.45, 7) is 6.47. The lowest BCUT2D eigenvalue weighted by molar-refractivity contribution is 0.242. The average Bonchev–Trinajstić information content (AvgIpc) is 2.95. The van der Waals surface area contributed by atoms with E-state index in [4.69, 9.17) is 15.2 Å². The maximum Gasteiger partial charge on any atom is 0.123 e. The summed E-state index contributed by atoms with van der Waals surface area (Å²) in [5.41, 5.74) is 7.21. The van der Waals surface area contributed by atoms with Crippen LogP contribution in [0.2, 0.25) is 0 Å². The quantitative estimate of drug-likeness (QED) is 0.898. The summed E-state index contributed by atoms with van der Waals surface area (Å²) in [6.07, 6.45) is 1.17. The van der Waals surface area contributed by atoms with Crippen molar-refractivity contribution in [3.05, 3.63) is 23.8 Å². The number of ether oxygens (including phenoxy) is 2. The highest BCUT2D eigenvalue weighted by molar-refractivity contribution is 5.42. The van der Waals surface area contributed by atoms with Gasteiger partial charge >= 0.3 is 0 Å². The Morgan fingerprint density at radius 2 is 2.00 bits per heavy atom. The third-order valence-electron chi connectivity index (χ3n) is 4.43. The van der Waals surface area contributed by atoms with Gasteiger partial charge in [-0.25, -0.2) is 0 Å². The maximum absolute atomic E-state index is 6.03. The Labute approximate surface area is 121 Å². The van der Waals surface area contributed by atoms with Gasteiger partial charge in [0.15, 0.2) is 0 Å².